The number of nitrogens with zero attached hydrogens (tertiary/aromatic N) is 2. The van der Waals surface area contributed by atoms with Crippen molar-refractivity contribution in [1.82, 2.24) is 9.80 Å². The molecule has 0 spiro atoms. The molecule has 0 saturated carbocycles. The molecule has 0 N–H and O–H groups in total. The molecule has 0 aliphatic carbocycles. The van der Waals surface area contributed by atoms with Gasteiger partial charge in [-0.2, -0.15) is 0 Å². The molecule has 0 radical (unpaired) electrons. The van der Waals surface area contributed by atoms with Crippen LogP contribution >= 0.6 is 11.6 Å². The topological polar surface area (TPSA) is 23.6 Å². The number of likely N-dealkylation sites (tertiary alicyclic amines) is 1. The highest BCUT2D eigenvalue weighted by atomic mass is 35.5. The molecule has 1 amide bonds. The summed E-state index contributed by atoms with van der Waals surface area (Å²) in [5.74, 6) is 0.197. The first-order valence-corrected chi connectivity index (χ1v) is 5.68. The van der Waals surface area contributed by atoms with Crippen molar-refractivity contribution < 1.29 is 4.79 Å². The minimum absolute atomic E-state index is 0.0817. The summed E-state index contributed by atoms with van der Waals surface area (Å²) in [5, 5.41) is 0. The average Bonchev–Trinajstić information content (AvgIpc) is 2.16. The number of hydrogen-bond donors (Lipinski definition) is 0. The van der Waals surface area contributed by atoms with E-state index in [4.69, 9.17) is 11.6 Å². The molecule has 0 aromatic heterocycles. The molecule has 1 heterocycles. The lowest BCUT2D eigenvalue weighted by molar-refractivity contribution is -0.132. The van der Waals surface area contributed by atoms with E-state index in [1.807, 2.05) is 19.0 Å². The second-order valence-corrected chi connectivity index (χ2v) is 4.40. The maximum Gasteiger partial charge on any atom is 0.237 e. The molecule has 14 heavy (non-hydrogen) atoms. The Balaban J connectivity index is 2.54. The van der Waals surface area contributed by atoms with Gasteiger partial charge in [0.05, 0.1) is 0 Å². The van der Waals surface area contributed by atoms with Crippen molar-refractivity contribution in [3.8, 4) is 0 Å². The van der Waals surface area contributed by atoms with Crippen molar-refractivity contribution >= 4 is 17.5 Å². The van der Waals surface area contributed by atoms with Gasteiger partial charge >= 0.3 is 0 Å². The van der Waals surface area contributed by atoms with Gasteiger partial charge in [0.1, 0.15) is 5.88 Å². The summed E-state index contributed by atoms with van der Waals surface area (Å²) < 4.78 is 0. The Bertz CT molecular complexity index is 197. The highest BCUT2D eigenvalue weighted by Gasteiger charge is 2.25. The van der Waals surface area contributed by atoms with Crippen LogP contribution in [0.2, 0.25) is 0 Å². The minimum atomic E-state index is 0.0817. The number of carbonyl (C=O) groups is 1. The SMILES string of the molecule is CN(C)CC1CCCCN1C(=O)CCl. The Hall–Kier alpha value is -0.280. The number of likely N-dealkylation sites (N-methyl/N-ethyl adjacent to an activating group) is 1. The number of amides is 1. The highest BCUT2D eigenvalue weighted by Crippen LogP contribution is 2.17. The molecule has 0 aromatic carbocycles. The third-order valence-electron chi connectivity index (χ3n) is 2.64. The van der Waals surface area contributed by atoms with E-state index < -0.39 is 0 Å². The smallest absolute Gasteiger partial charge is 0.237 e. The summed E-state index contributed by atoms with van der Waals surface area (Å²) in [7, 11) is 4.08. The monoisotopic (exact) mass is 218 g/mol. The first-order chi connectivity index (χ1) is 6.65. The largest absolute Gasteiger partial charge is 0.337 e. The van der Waals surface area contributed by atoms with Crippen molar-refractivity contribution in [2.75, 3.05) is 33.1 Å². The second kappa shape index (κ2) is 5.56. The van der Waals surface area contributed by atoms with Crippen LogP contribution < -0.4 is 0 Å². The Morgan fingerprint density at radius 1 is 1.50 bits per heavy atom. The number of piperidine rings is 1. The van der Waals surface area contributed by atoms with Gasteiger partial charge in [-0.25, -0.2) is 0 Å². The number of halogens is 1. The molecule has 4 heteroatoms. The van der Waals surface area contributed by atoms with Gasteiger partial charge in [0.25, 0.3) is 0 Å². The molecule has 1 aliphatic rings. The normalized spacial score (nSPS) is 22.9. The Morgan fingerprint density at radius 2 is 2.21 bits per heavy atom. The third kappa shape index (κ3) is 3.14. The molecular weight excluding hydrogens is 200 g/mol. The van der Waals surface area contributed by atoms with Crippen LogP contribution in [0.25, 0.3) is 0 Å². The number of rotatable bonds is 3. The molecule has 0 aromatic rings. The standard InChI is InChI=1S/C10H19ClN2O/c1-12(2)8-9-5-3-4-6-13(9)10(14)7-11/h9H,3-8H2,1-2H3. The lowest BCUT2D eigenvalue weighted by atomic mass is 10.0. The van der Waals surface area contributed by atoms with Gasteiger partial charge in [0.15, 0.2) is 0 Å². The number of hydrogen-bond acceptors (Lipinski definition) is 2. The van der Waals surface area contributed by atoms with Gasteiger partial charge in [0, 0.05) is 19.1 Å². The van der Waals surface area contributed by atoms with Gasteiger partial charge in [0.2, 0.25) is 5.91 Å². The van der Waals surface area contributed by atoms with Crippen LogP contribution in [0.5, 0.6) is 0 Å². The van der Waals surface area contributed by atoms with E-state index in [9.17, 15) is 4.79 Å². The summed E-state index contributed by atoms with van der Waals surface area (Å²) in [6, 6.07) is 0.366. The summed E-state index contributed by atoms with van der Waals surface area (Å²) in [5.41, 5.74) is 0. The van der Waals surface area contributed by atoms with E-state index in [-0.39, 0.29) is 11.8 Å². The van der Waals surface area contributed by atoms with Crippen molar-refractivity contribution in [2.24, 2.45) is 0 Å². The Kier molecular flexibility index (Phi) is 4.69. The van der Waals surface area contributed by atoms with E-state index in [2.05, 4.69) is 4.90 Å². The molecule has 1 atom stereocenters. The predicted molar refractivity (Wildman–Crippen MR) is 58.6 cm³/mol. The zero-order chi connectivity index (χ0) is 10.6. The van der Waals surface area contributed by atoms with E-state index in [0.717, 1.165) is 25.9 Å². The molecule has 1 rings (SSSR count). The fraction of sp³-hybridized carbons (Fsp3) is 0.900. The lowest BCUT2D eigenvalue weighted by Gasteiger charge is -2.36. The summed E-state index contributed by atoms with van der Waals surface area (Å²) >= 11 is 5.58. The number of alkyl halides is 1. The van der Waals surface area contributed by atoms with Crippen LogP contribution in [0.4, 0.5) is 0 Å². The first-order valence-electron chi connectivity index (χ1n) is 5.15. The van der Waals surface area contributed by atoms with E-state index in [1.54, 1.807) is 0 Å². The van der Waals surface area contributed by atoms with Crippen LogP contribution in [0.1, 0.15) is 19.3 Å². The lowest BCUT2D eigenvalue weighted by Crippen LogP contribution is -2.48. The molecule has 1 saturated heterocycles. The molecule has 82 valence electrons. The van der Waals surface area contributed by atoms with Crippen LogP contribution in [0, 0.1) is 0 Å². The Labute approximate surface area is 91.0 Å². The first kappa shape index (κ1) is 11.8. The van der Waals surface area contributed by atoms with Gasteiger partial charge in [-0.3, -0.25) is 4.79 Å². The summed E-state index contributed by atoms with van der Waals surface area (Å²) in [6.07, 6.45) is 3.46. The molecular formula is C10H19ClN2O. The molecule has 1 aliphatic heterocycles. The van der Waals surface area contributed by atoms with Crippen LogP contribution in [0.3, 0.4) is 0 Å². The van der Waals surface area contributed by atoms with E-state index >= 15 is 0 Å². The molecule has 0 bridgehead atoms. The highest BCUT2D eigenvalue weighted by molar-refractivity contribution is 6.27. The number of carbonyl (C=O) groups excluding carboxylic acids is 1. The van der Waals surface area contributed by atoms with Crippen molar-refractivity contribution in [1.29, 1.82) is 0 Å². The van der Waals surface area contributed by atoms with Crippen molar-refractivity contribution in [2.45, 2.75) is 25.3 Å². The summed E-state index contributed by atoms with van der Waals surface area (Å²) in [4.78, 5) is 15.6. The maximum absolute atomic E-state index is 11.5. The fourth-order valence-corrected chi connectivity index (χ4v) is 2.17. The van der Waals surface area contributed by atoms with Gasteiger partial charge in [-0.05, 0) is 33.4 Å². The maximum atomic E-state index is 11.5. The van der Waals surface area contributed by atoms with E-state index in [1.165, 1.54) is 6.42 Å². The zero-order valence-corrected chi connectivity index (χ0v) is 9.76. The van der Waals surface area contributed by atoms with Gasteiger partial charge in [-0.15, -0.1) is 11.6 Å². The molecule has 1 unspecified atom stereocenters. The van der Waals surface area contributed by atoms with Crippen LogP contribution in [0.15, 0.2) is 0 Å². The Morgan fingerprint density at radius 3 is 2.79 bits per heavy atom. The van der Waals surface area contributed by atoms with Crippen LogP contribution in [-0.4, -0.2) is 54.8 Å². The molecule has 1 fully saturated rings. The average molecular weight is 219 g/mol. The minimum Gasteiger partial charge on any atom is -0.337 e. The quantitative estimate of drug-likeness (QED) is 0.664. The van der Waals surface area contributed by atoms with Gasteiger partial charge < -0.3 is 9.80 Å². The zero-order valence-electron chi connectivity index (χ0n) is 9.00. The van der Waals surface area contributed by atoms with Crippen molar-refractivity contribution in [3.05, 3.63) is 0 Å². The van der Waals surface area contributed by atoms with Gasteiger partial charge in [-0.1, -0.05) is 0 Å². The third-order valence-corrected chi connectivity index (χ3v) is 2.87. The second-order valence-electron chi connectivity index (χ2n) is 4.13. The molecule has 3 nitrogen and oxygen atoms in total. The summed E-state index contributed by atoms with van der Waals surface area (Å²) in [6.45, 7) is 1.83. The fourth-order valence-electron chi connectivity index (χ4n) is 2.02. The van der Waals surface area contributed by atoms with Crippen LogP contribution in [-0.2, 0) is 4.79 Å². The predicted octanol–water partition coefficient (Wildman–Crippen LogP) is 1.17. The van der Waals surface area contributed by atoms with Crippen molar-refractivity contribution in [3.63, 3.8) is 0 Å². The van der Waals surface area contributed by atoms with E-state index in [0.29, 0.717) is 6.04 Å².